The van der Waals surface area contributed by atoms with Gasteiger partial charge >= 0.3 is 0 Å². The molecule has 0 amide bonds. The van der Waals surface area contributed by atoms with Crippen molar-refractivity contribution < 1.29 is 9.15 Å². The molecule has 0 bridgehead atoms. The summed E-state index contributed by atoms with van der Waals surface area (Å²) in [5.74, 6) is 2.25. The van der Waals surface area contributed by atoms with E-state index in [0.29, 0.717) is 12.4 Å². The van der Waals surface area contributed by atoms with E-state index in [1.165, 1.54) is 33.6 Å². The Labute approximate surface area is 320 Å². The third-order valence-electron chi connectivity index (χ3n) is 11.1. The highest BCUT2D eigenvalue weighted by Gasteiger charge is 2.30. The third kappa shape index (κ3) is 5.27. The lowest BCUT2D eigenvalue weighted by Crippen LogP contribution is -2.25. The molecule has 0 spiro atoms. The minimum Gasteiger partial charge on any atom is -0.453 e. The number of nitrogens with zero attached hydrogens (tertiary/aromatic N) is 4. The SMILES string of the molecule is Cc1cc(C)c(N2CN(c3cccc(Oc4cc5c(c6ccccc6n5-c5cc(C(C)(C)C)ccn5)c5c4oc4ccccc45)c3)c3ccccc32)c(C)c1. The van der Waals surface area contributed by atoms with Gasteiger partial charge < -0.3 is 19.0 Å². The summed E-state index contributed by atoms with van der Waals surface area (Å²) in [4.78, 5) is 9.74. The largest absolute Gasteiger partial charge is 0.453 e. The summed E-state index contributed by atoms with van der Waals surface area (Å²) >= 11 is 0. The molecule has 270 valence electrons. The number of para-hydroxylation sites is 4. The Morgan fingerprint density at radius 3 is 2.15 bits per heavy atom. The van der Waals surface area contributed by atoms with E-state index in [1.54, 1.807) is 0 Å². The standard InChI is InChI=1S/C49H42N4O2/c1-30-24-31(2)47(32(3)25-30)52-29-51(39-19-10-11-20-40(39)52)34-14-13-15-35(27-34)54-43-28-41-45(46-37-17-8-12-21-42(37)55-48(43)46)36-16-7-9-18-38(36)53(41)44-26-33(22-23-50-44)49(4,5)6/h7-28H,29H2,1-6H3. The molecule has 1 aliphatic heterocycles. The van der Waals surface area contributed by atoms with Crippen molar-refractivity contribution >= 4 is 66.5 Å². The summed E-state index contributed by atoms with van der Waals surface area (Å²) in [5.41, 5.74) is 13.3. The van der Waals surface area contributed by atoms with Crippen molar-refractivity contribution in [3.63, 3.8) is 0 Å². The Morgan fingerprint density at radius 2 is 1.36 bits per heavy atom. The van der Waals surface area contributed by atoms with Crippen LogP contribution in [0.1, 0.15) is 43.0 Å². The van der Waals surface area contributed by atoms with Gasteiger partial charge in [0.15, 0.2) is 11.3 Å². The summed E-state index contributed by atoms with van der Waals surface area (Å²) in [6.07, 6.45) is 1.92. The topological polar surface area (TPSA) is 46.7 Å². The number of hydrogen-bond donors (Lipinski definition) is 0. The van der Waals surface area contributed by atoms with Crippen LogP contribution in [0.15, 0.2) is 138 Å². The molecule has 10 rings (SSSR count). The Balaban J connectivity index is 1.14. The zero-order chi connectivity index (χ0) is 37.6. The van der Waals surface area contributed by atoms with Crippen LogP contribution in [0.25, 0.3) is 49.6 Å². The number of hydrogen-bond acceptors (Lipinski definition) is 5. The maximum absolute atomic E-state index is 6.98. The van der Waals surface area contributed by atoms with E-state index in [-0.39, 0.29) is 5.41 Å². The maximum atomic E-state index is 6.98. The van der Waals surface area contributed by atoms with Crippen LogP contribution in [0.2, 0.25) is 0 Å². The Hall–Kier alpha value is -6.53. The first-order chi connectivity index (χ1) is 26.6. The number of pyridine rings is 1. The van der Waals surface area contributed by atoms with Crippen molar-refractivity contribution in [2.75, 3.05) is 16.5 Å². The van der Waals surface area contributed by atoms with E-state index in [9.17, 15) is 0 Å². The second-order valence-electron chi connectivity index (χ2n) is 15.9. The van der Waals surface area contributed by atoms with Crippen molar-refractivity contribution in [3.05, 3.63) is 156 Å². The number of benzene rings is 6. The average molecular weight is 719 g/mol. The molecule has 4 heterocycles. The van der Waals surface area contributed by atoms with Gasteiger partial charge in [-0.3, -0.25) is 4.57 Å². The molecule has 9 aromatic rings. The van der Waals surface area contributed by atoms with Gasteiger partial charge in [-0.05, 0) is 91.4 Å². The molecule has 0 atom stereocenters. The van der Waals surface area contributed by atoms with Gasteiger partial charge in [-0.2, -0.15) is 0 Å². The van der Waals surface area contributed by atoms with Gasteiger partial charge in [-0.15, -0.1) is 0 Å². The normalized spacial score (nSPS) is 13.1. The molecule has 0 saturated carbocycles. The van der Waals surface area contributed by atoms with Crippen LogP contribution >= 0.6 is 0 Å². The first-order valence-corrected chi connectivity index (χ1v) is 19.0. The van der Waals surface area contributed by atoms with E-state index < -0.39 is 0 Å². The van der Waals surface area contributed by atoms with Gasteiger partial charge in [-0.1, -0.05) is 93.1 Å². The molecule has 0 radical (unpaired) electrons. The molecule has 55 heavy (non-hydrogen) atoms. The van der Waals surface area contributed by atoms with Crippen LogP contribution < -0.4 is 14.5 Å². The zero-order valence-electron chi connectivity index (χ0n) is 32.0. The molecule has 1 aliphatic rings. The summed E-state index contributed by atoms with van der Waals surface area (Å²) in [6.45, 7) is 14.0. The Bertz CT molecular complexity index is 2960. The third-order valence-corrected chi connectivity index (χ3v) is 11.1. The number of anilines is 4. The van der Waals surface area contributed by atoms with Gasteiger partial charge in [0.25, 0.3) is 0 Å². The van der Waals surface area contributed by atoms with Crippen molar-refractivity contribution in [1.82, 2.24) is 9.55 Å². The number of rotatable bonds is 5. The molecular weight excluding hydrogens is 677 g/mol. The summed E-state index contributed by atoms with van der Waals surface area (Å²) in [7, 11) is 0. The Morgan fingerprint density at radius 1 is 0.655 bits per heavy atom. The zero-order valence-corrected chi connectivity index (χ0v) is 32.0. The van der Waals surface area contributed by atoms with Crippen LogP contribution in [0, 0.1) is 20.8 Å². The highest BCUT2D eigenvalue weighted by Crippen LogP contribution is 2.49. The average Bonchev–Trinajstić information content (AvgIpc) is 3.85. The molecule has 0 aliphatic carbocycles. The number of ether oxygens (including phenoxy) is 1. The van der Waals surface area contributed by atoms with Crippen molar-refractivity contribution in [1.29, 1.82) is 0 Å². The lowest BCUT2D eigenvalue weighted by atomic mass is 9.88. The smallest absolute Gasteiger partial charge is 0.178 e. The van der Waals surface area contributed by atoms with Crippen LogP contribution in [0.4, 0.5) is 22.7 Å². The summed E-state index contributed by atoms with van der Waals surface area (Å²) < 4.78 is 15.9. The minimum atomic E-state index is -0.0333. The maximum Gasteiger partial charge on any atom is 0.178 e. The quantitative estimate of drug-likeness (QED) is 0.177. The molecule has 0 fully saturated rings. The highest BCUT2D eigenvalue weighted by molar-refractivity contribution is 6.28. The first-order valence-electron chi connectivity index (χ1n) is 19.0. The predicted molar refractivity (Wildman–Crippen MR) is 227 cm³/mol. The van der Waals surface area contributed by atoms with Gasteiger partial charge in [-0.25, -0.2) is 4.98 Å². The molecule has 0 unspecified atom stereocenters. The fourth-order valence-corrected chi connectivity index (χ4v) is 8.71. The van der Waals surface area contributed by atoms with Crippen molar-refractivity contribution in [2.24, 2.45) is 0 Å². The number of furan rings is 1. The molecular formula is C49H42N4O2. The van der Waals surface area contributed by atoms with Crippen molar-refractivity contribution in [3.8, 4) is 17.3 Å². The fraction of sp³-hybridized carbons (Fsp3) is 0.163. The van der Waals surface area contributed by atoms with Gasteiger partial charge in [0, 0.05) is 51.2 Å². The summed E-state index contributed by atoms with van der Waals surface area (Å²) in [6, 6.07) is 44.9. The van der Waals surface area contributed by atoms with Crippen LogP contribution in [0.5, 0.6) is 11.5 Å². The highest BCUT2D eigenvalue weighted by atomic mass is 16.5. The van der Waals surface area contributed by atoms with Gasteiger partial charge in [0.1, 0.15) is 23.8 Å². The second kappa shape index (κ2) is 12.3. The van der Waals surface area contributed by atoms with E-state index in [4.69, 9.17) is 14.1 Å². The molecule has 0 saturated heterocycles. The van der Waals surface area contributed by atoms with Crippen LogP contribution in [-0.2, 0) is 5.41 Å². The number of aryl methyl sites for hydroxylation is 3. The lowest BCUT2D eigenvalue weighted by molar-refractivity contribution is 0.477. The minimum absolute atomic E-state index is 0.0333. The van der Waals surface area contributed by atoms with Gasteiger partial charge in [0.2, 0.25) is 0 Å². The molecule has 6 nitrogen and oxygen atoms in total. The van der Waals surface area contributed by atoms with E-state index in [0.717, 1.165) is 66.7 Å². The Kier molecular flexibility index (Phi) is 7.37. The first kappa shape index (κ1) is 33.1. The second-order valence-corrected chi connectivity index (χ2v) is 15.9. The lowest BCUT2D eigenvalue weighted by Gasteiger charge is -2.25. The monoisotopic (exact) mass is 718 g/mol. The number of fused-ring (bicyclic) bond motifs is 8. The molecule has 6 aromatic carbocycles. The van der Waals surface area contributed by atoms with E-state index >= 15 is 0 Å². The van der Waals surface area contributed by atoms with Crippen LogP contribution in [0.3, 0.4) is 0 Å². The van der Waals surface area contributed by atoms with Crippen molar-refractivity contribution in [2.45, 2.75) is 47.0 Å². The van der Waals surface area contributed by atoms with Gasteiger partial charge in [0.05, 0.1) is 22.4 Å². The van der Waals surface area contributed by atoms with E-state index in [2.05, 4.69) is 165 Å². The molecule has 0 N–H and O–H groups in total. The molecule has 6 heteroatoms. The summed E-state index contributed by atoms with van der Waals surface area (Å²) in [5, 5.41) is 4.35. The predicted octanol–water partition coefficient (Wildman–Crippen LogP) is 13.3. The fourth-order valence-electron chi connectivity index (χ4n) is 8.71. The van der Waals surface area contributed by atoms with Crippen LogP contribution in [-0.4, -0.2) is 16.2 Å². The number of aromatic nitrogens is 2. The van der Waals surface area contributed by atoms with E-state index in [1.807, 2.05) is 24.4 Å². The molecule has 3 aromatic heterocycles.